The second-order valence-electron chi connectivity index (χ2n) is 4.56. The summed E-state index contributed by atoms with van der Waals surface area (Å²) in [7, 11) is 0. The Morgan fingerprint density at radius 3 is 2.78 bits per heavy atom. The zero-order chi connectivity index (χ0) is 13.4. The molecule has 0 aliphatic carbocycles. The smallest absolute Gasteiger partial charge is 0.209 e. The van der Waals surface area contributed by atoms with Crippen LogP contribution in [0.2, 0.25) is 0 Å². The van der Waals surface area contributed by atoms with Crippen molar-refractivity contribution in [1.82, 2.24) is 25.5 Å². The molecule has 104 valence electrons. The molecule has 1 aromatic rings. The fourth-order valence-electron chi connectivity index (χ4n) is 1.32. The normalized spacial score (nSPS) is 11.7. The molecule has 6 nitrogen and oxygen atoms in total. The fraction of sp³-hybridized carbons (Fsp3) is 0.909. The molecule has 0 spiro atoms. The Labute approximate surface area is 113 Å². The van der Waals surface area contributed by atoms with Crippen LogP contribution in [0.1, 0.15) is 27.7 Å². The molecule has 0 bridgehead atoms. The van der Waals surface area contributed by atoms with E-state index in [0.717, 1.165) is 30.6 Å². The maximum absolute atomic E-state index is 5.48. The molecular formula is C11H23N5OS. The summed E-state index contributed by atoms with van der Waals surface area (Å²) in [6, 6.07) is 0.483. The van der Waals surface area contributed by atoms with E-state index in [1.165, 1.54) is 0 Å². The average molecular weight is 273 g/mol. The topological polar surface area (TPSA) is 64.9 Å². The van der Waals surface area contributed by atoms with Gasteiger partial charge in [-0.3, -0.25) is 0 Å². The van der Waals surface area contributed by atoms with E-state index in [9.17, 15) is 0 Å². The molecule has 0 unspecified atom stereocenters. The molecular weight excluding hydrogens is 250 g/mol. The first-order chi connectivity index (χ1) is 8.59. The van der Waals surface area contributed by atoms with E-state index in [1.54, 1.807) is 11.8 Å². The molecule has 1 rings (SSSR count). The minimum Gasteiger partial charge on any atom is -0.378 e. The molecule has 0 aromatic carbocycles. The van der Waals surface area contributed by atoms with Crippen molar-refractivity contribution in [1.29, 1.82) is 0 Å². The van der Waals surface area contributed by atoms with Crippen LogP contribution in [0.25, 0.3) is 0 Å². The summed E-state index contributed by atoms with van der Waals surface area (Å²) in [6.45, 7) is 10.7. The highest BCUT2D eigenvalue weighted by Gasteiger charge is 2.06. The Bertz CT molecular complexity index is 329. The first-order valence-corrected chi connectivity index (χ1v) is 7.32. The van der Waals surface area contributed by atoms with Crippen LogP contribution in [0.3, 0.4) is 0 Å². The quantitative estimate of drug-likeness (QED) is 0.538. The molecule has 18 heavy (non-hydrogen) atoms. The SMILES string of the molecule is CC(C)NCCn1nnnc1SCCOC(C)C. The Hall–Kier alpha value is -0.660. The van der Waals surface area contributed by atoms with E-state index in [-0.39, 0.29) is 6.10 Å². The van der Waals surface area contributed by atoms with E-state index >= 15 is 0 Å². The highest BCUT2D eigenvalue weighted by molar-refractivity contribution is 7.99. The Kier molecular flexibility index (Phi) is 7.22. The molecule has 0 atom stereocenters. The van der Waals surface area contributed by atoms with E-state index in [2.05, 4.69) is 34.7 Å². The molecule has 0 fully saturated rings. The second-order valence-corrected chi connectivity index (χ2v) is 5.62. The van der Waals surface area contributed by atoms with Crippen LogP contribution >= 0.6 is 11.8 Å². The number of hydrogen-bond donors (Lipinski definition) is 1. The molecule has 0 aliphatic heterocycles. The summed E-state index contributed by atoms with van der Waals surface area (Å²) >= 11 is 1.63. The van der Waals surface area contributed by atoms with Crippen molar-refractivity contribution in [2.45, 2.75) is 51.5 Å². The Morgan fingerprint density at radius 2 is 2.11 bits per heavy atom. The molecule has 0 radical (unpaired) electrons. The van der Waals surface area contributed by atoms with Crippen LogP contribution in [-0.4, -0.2) is 51.3 Å². The first kappa shape index (κ1) is 15.4. The minimum absolute atomic E-state index is 0.275. The summed E-state index contributed by atoms with van der Waals surface area (Å²) in [5.41, 5.74) is 0. The van der Waals surface area contributed by atoms with Crippen molar-refractivity contribution in [2.75, 3.05) is 18.9 Å². The first-order valence-electron chi connectivity index (χ1n) is 6.33. The highest BCUT2D eigenvalue weighted by atomic mass is 32.2. The monoisotopic (exact) mass is 273 g/mol. The van der Waals surface area contributed by atoms with Gasteiger partial charge in [-0.2, -0.15) is 0 Å². The third-order valence-electron chi connectivity index (χ3n) is 2.14. The lowest BCUT2D eigenvalue weighted by Crippen LogP contribution is -2.27. The van der Waals surface area contributed by atoms with Crippen LogP contribution in [0.5, 0.6) is 0 Å². The van der Waals surface area contributed by atoms with Crippen molar-refractivity contribution in [3.63, 3.8) is 0 Å². The standard InChI is InChI=1S/C11H23N5OS/c1-9(2)12-5-6-16-11(13-14-15-16)18-8-7-17-10(3)4/h9-10,12H,5-8H2,1-4H3. The van der Waals surface area contributed by atoms with Gasteiger partial charge in [0.2, 0.25) is 5.16 Å². The van der Waals surface area contributed by atoms with Crippen LogP contribution in [0.4, 0.5) is 0 Å². The molecule has 0 saturated heterocycles. The van der Waals surface area contributed by atoms with Crippen molar-refractivity contribution in [3.8, 4) is 0 Å². The van der Waals surface area contributed by atoms with Gasteiger partial charge in [0.15, 0.2) is 0 Å². The fourth-order valence-corrected chi connectivity index (χ4v) is 2.05. The second kappa shape index (κ2) is 8.44. The van der Waals surface area contributed by atoms with Gasteiger partial charge in [-0.1, -0.05) is 25.6 Å². The predicted octanol–water partition coefficient (Wildman–Crippen LogP) is 1.19. The van der Waals surface area contributed by atoms with Gasteiger partial charge in [0, 0.05) is 18.3 Å². The molecule has 7 heteroatoms. The Balaban J connectivity index is 2.26. The zero-order valence-electron chi connectivity index (χ0n) is 11.6. The molecule has 1 N–H and O–H groups in total. The van der Waals surface area contributed by atoms with Gasteiger partial charge in [-0.05, 0) is 24.3 Å². The summed E-state index contributed by atoms with van der Waals surface area (Å²) in [5.74, 6) is 0.871. The van der Waals surface area contributed by atoms with Crippen molar-refractivity contribution in [2.24, 2.45) is 0 Å². The number of nitrogens with zero attached hydrogens (tertiary/aromatic N) is 4. The highest BCUT2D eigenvalue weighted by Crippen LogP contribution is 2.13. The van der Waals surface area contributed by atoms with Crippen molar-refractivity contribution < 1.29 is 4.74 Å². The largest absolute Gasteiger partial charge is 0.378 e. The summed E-state index contributed by atoms with van der Waals surface area (Å²) < 4.78 is 7.31. The van der Waals surface area contributed by atoms with E-state index in [0.29, 0.717) is 6.04 Å². The average Bonchev–Trinajstić information content (AvgIpc) is 2.71. The molecule has 0 aliphatic rings. The third kappa shape index (κ3) is 6.32. The van der Waals surface area contributed by atoms with Crippen LogP contribution in [0.15, 0.2) is 5.16 Å². The Morgan fingerprint density at radius 1 is 1.33 bits per heavy atom. The van der Waals surface area contributed by atoms with E-state index in [4.69, 9.17) is 4.74 Å². The minimum atomic E-state index is 0.275. The number of rotatable bonds is 9. The van der Waals surface area contributed by atoms with Crippen LogP contribution < -0.4 is 5.32 Å². The third-order valence-corrected chi connectivity index (χ3v) is 3.06. The van der Waals surface area contributed by atoms with Crippen molar-refractivity contribution in [3.05, 3.63) is 0 Å². The molecule has 1 aromatic heterocycles. The molecule has 1 heterocycles. The van der Waals surface area contributed by atoms with E-state index < -0.39 is 0 Å². The lowest BCUT2D eigenvalue weighted by molar-refractivity contribution is 0.0920. The number of nitrogens with one attached hydrogen (secondary N) is 1. The van der Waals surface area contributed by atoms with Gasteiger partial charge in [0.25, 0.3) is 0 Å². The lowest BCUT2D eigenvalue weighted by Gasteiger charge is -2.09. The summed E-state index contributed by atoms with van der Waals surface area (Å²) in [6.07, 6.45) is 0.275. The molecule has 0 amide bonds. The number of ether oxygens (including phenoxy) is 1. The number of thioether (sulfide) groups is 1. The maximum Gasteiger partial charge on any atom is 0.209 e. The van der Waals surface area contributed by atoms with Gasteiger partial charge in [0.1, 0.15) is 0 Å². The van der Waals surface area contributed by atoms with Gasteiger partial charge < -0.3 is 10.1 Å². The zero-order valence-corrected chi connectivity index (χ0v) is 12.4. The number of aromatic nitrogens is 4. The number of hydrogen-bond acceptors (Lipinski definition) is 6. The van der Waals surface area contributed by atoms with Gasteiger partial charge >= 0.3 is 0 Å². The van der Waals surface area contributed by atoms with Gasteiger partial charge in [0.05, 0.1) is 19.3 Å². The summed E-state index contributed by atoms with van der Waals surface area (Å²) in [5, 5.41) is 15.9. The van der Waals surface area contributed by atoms with E-state index in [1.807, 2.05) is 18.5 Å². The maximum atomic E-state index is 5.48. The lowest BCUT2D eigenvalue weighted by atomic mass is 10.4. The van der Waals surface area contributed by atoms with Crippen LogP contribution in [-0.2, 0) is 11.3 Å². The molecule has 0 saturated carbocycles. The van der Waals surface area contributed by atoms with Crippen LogP contribution in [0, 0.1) is 0 Å². The number of tetrazole rings is 1. The van der Waals surface area contributed by atoms with Gasteiger partial charge in [-0.25, -0.2) is 4.68 Å². The summed E-state index contributed by atoms with van der Waals surface area (Å²) in [4.78, 5) is 0. The van der Waals surface area contributed by atoms with Gasteiger partial charge in [-0.15, -0.1) is 5.10 Å². The van der Waals surface area contributed by atoms with Crippen molar-refractivity contribution >= 4 is 11.8 Å². The predicted molar refractivity (Wildman–Crippen MR) is 72.8 cm³/mol.